The summed E-state index contributed by atoms with van der Waals surface area (Å²) in [5, 5.41) is 3.60. The van der Waals surface area contributed by atoms with Crippen molar-refractivity contribution in [2.45, 2.75) is 13.5 Å². The fourth-order valence-corrected chi connectivity index (χ4v) is 2.02. The highest BCUT2D eigenvalue weighted by Crippen LogP contribution is 2.34. The number of nitrogens with zero attached hydrogens (tertiary/aromatic N) is 3. The van der Waals surface area contributed by atoms with Crippen molar-refractivity contribution in [3.63, 3.8) is 0 Å². The van der Waals surface area contributed by atoms with Gasteiger partial charge < -0.3 is 9.47 Å². The molecule has 0 bridgehead atoms. The van der Waals surface area contributed by atoms with Crippen molar-refractivity contribution >= 4 is 11.7 Å². The number of aryl methyl sites for hydroxylation is 1. The standard InChI is InChI=1S/C16H15N3O3/c1-11-8-13(16(20)21-2)15(14(9-11)18-19-17)22-10-12-6-4-3-5-7-12/h3-9H,10H2,1-2H3. The van der Waals surface area contributed by atoms with Crippen molar-refractivity contribution in [2.75, 3.05) is 7.11 Å². The van der Waals surface area contributed by atoms with Gasteiger partial charge in [-0.15, -0.1) is 0 Å². The third kappa shape index (κ3) is 3.56. The summed E-state index contributed by atoms with van der Waals surface area (Å²) in [6.07, 6.45) is 0. The second kappa shape index (κ2) is 7.15. The van der Waals surface area contributed by atoms with Crippen LogP contribution in [-0.2, 0) is 11.3 Å². The predicted octanol–water partition coefficient (Wildman–Crippen LogP) is 4.30. The molecule has 0 aliphatic heterocycles. The Morgan fingerprint density at radius 2 is 2.00 bits per heavy atom. The number of hydrogen-bond donors (Lipinski definition) is 0. The number of benzene rings is 2. The van der Waals surface area contributed by atoms with Crippen LogP contribution >= 0.6 is 0 Å². The van der Waals surface area contributed by atoms with Gasteiger partial charge in [-0.2, -0.15) is 0 Å². The van der Waals surface area contributed by atoms with Crippen molar-refractivity contribution in [1.29, 1.82) is 0 Å². The van der Waals surface area contributed by atoms with E-state index in [-0.39, 0.29) is 23.6 Å². The van der Waals surface area contributed by atoms with Gasteiger partial charge in [0.1, 0.15) is 17.9 Å². The summed E-state index contributed by atoms with van der Waals surface area (Å²) >= 11 is 0. The maximum absolute atomic E-state index is 11.9. The van der Waals surface area contributed by atoms with Gasteiger partial charge in [0.25, 0.3) is 0 Å². The molecule has 0 aliphatic rings. The summed E-state index contributed by atoms with van der Waals surface area (Å²) in [6.45, 7) is 2.05. The zero-order valence-electron chi connectivity index (χ0n) is 12.3. The largest absolute Gasteiger partial charge is 0.488 e. The maximum atomic E-state index is 11.9. The highest BCUT2D eigenvalue weighted by molar-refractivity contribution is 5.94. The molecule has 22 heavy (non-hydrogen) atoms. The Morgan fingerprint density at radius 1 is 1.27 bits per heavy atom. The Labute approximate surface area is 127 Å². The Bertz CT molecular complexity index is 723. The molecule has 6 nitrogen and oxygen atoms in total. The normalized spacial score (nSPS) is 9.73. The molecule has 2 rings (SSSR count). The van der Waals surface area contributed by atoms with Gasteiger partial charge in [0.15, 0.2) is 0 Å². The minimum Gasteiger partial charge on any atom is -0.488 e. The minimum absolute atomic E-state index is 0.221. The molecule has 0 atom stereocenters. The van der Waals surface area contributed by atoms with E-state index in [1.165, 1.54) is 7.11 Å². The van der Waals surface area contributed by atoms with Crippen LogP contribution in [0.15, 0.2) is 47.6 Å². The lowest BCUT2D eigenvalue weighted by atomic mass is 10.1. The van der Waals surface area contributed by atoms with Crippen LogP contribution < -0.4 is 4.74 Å². The molecule has 0 saturated carbocycles. The number of azide groups is 1. The SMILES string of the molecule is COC(=O)c1cc(C)cc(N=[N+]=[N-])c1OCc1ccccc1. The lowest BCUT2D eigenvalue weighted by Crippen LogP contribution is -2.06. The van der Waals surface area contributed by atoms with Crippen molar-refractivity contribution in [2.24, 2.45) is 5.11 Å². The smallest absolute Gasteiger partial charge is 0.341 e. The molecule has 0 N–H and O–H groups in total. The summed E-state index contributed by atoms with van der Waals surface area (Å²) in [5.41, 5.74) is 10.9. The lowest BCUT2D eigenvalue weighted by Gasteiger charge is -2.14. The first kappa shape index (κ1) is 15.4. The predicted molar refractivity (Wildman–Crippen MR) is 82.1 cm³/mol. The van der Waals surface area contributed by atoms with Gasteiger partial charge in [0.05, 0.1) is 12.8 Å². The van der Waals surface area contributed by atoms with Gasteiger partial charge in [0.2, 0.25) is 0 Å². The van der Waals surface area contributed by atoms with E-state index in [0.29, 0.717) is 0 Å². The van der Waals surface area contributed by atoms with E-state index in [1.807, 2.05) is 30.3 Å². The van der Waals surface area contributed by atoms with Crippen LogP contribution in [0.1, 0.15) is 21.5 Å². The fourth-order valence-electron chi connectivity index (χ4n) is 2.02. The van der Waals surface area contributed by atoms with Gasteiger partial charge in [-0.25, -0.2) is 4.79 Å². The van der Waals surface area contributed by atoms with Crippen LogP contribution in [0.2, 0.25) is 0 Å². The molecule has 2 aromatic carbocycles. The minimum atomic E-state index is -0.541. The Hall–Kier alpha value is -2.98. The molecule has 0 amide bonds. The van der Waals surface area contributed by atoms with E-state index in [1.54, 1.807) is 19.1 Å². The zero-order valence-corrected chi connectivity index (χ0v) is 12.3. The third-order valence-electron chi connectivity index (χ3n) is 3.00. The van der Waals surface area contributed by atoms with Gasteiger partial charge in [-0.05, 0) is 35.7 Å². The molecule has 112 valence electrons. The molecule has 0 unspecified atom stereocenters. The number of methoxy groups -OCH3 is 1. The molecular formula is C16H15N3O3. The second-order valence-corrected chi connectivity index (χ2v) is 4.62. The maximum Gasteiger partial charge on any atom is 0.341 e. The van der Waals surface area contributed by atoms with Crippen LogP contribution in [0.25, 0.3) is 10.4 Å². The summed E-state index contributed by atoms with van der Waals surface area (Å²) < 4.78 is 10.5. The molecule has 0 radical (unpaired) electrons. The van der Waals surface area contributed by atoms with Crippen LogP contribution in [0.5, 0.6) is 5.75 Å². The molecule has 0 saturated heterocycles. The van der Waals surface area contributed by atoms with Crippen LogP contribution in [0.3, 0.4) is 0 Å². The molecule has 0 heterocycles. The quantitative estimate of drug-likeness (QED) is 0.357. The van der Waals surface area contributed by atoms with Crippen molar-refractivity contribution in [3.05, 3.63) is 69.6 Å². The van der Waals surface area contributed by atoms with Gasteiger partial charge in [-0.3, -0.25) is 0 Å². The molecule has 0 spiro atoms. The third-order valence-corrected chi connectivity index (χ3v) is 3.00. The Balaban J connectivity index is 2.41. The van der Waals surface area contributed by atoms with Gasteiger partial charge in [0, 0.05) is 4.91 Å². The summed E-state index contributed by atoms with van der Waals surface area (Å²) in [5.74, 6) is -0.319. The highest BCUT2D eigenvalue weighted by atomic mass is 16.5. The Kier molecular flexibility index (Phi) is 5.01. The van der Waals surface area contributed by atoms with Crippen LogP contribution in [0, 0.1) is 6.92 Å². The lowest BCUT2D eigenvalue weighted by molar-refractivity contribution is 0.0595. The number of hydrogen-bond acceptors (Lipinski definition) is 4. The molecular weight excluding hydrogens is 282 g/mol. The highest BCUT2D eigenvalue weighted by Gasteiger charge is 2.17. The van der Waals surface area contributed by atoms with E-state index < -0.39 is 5.97 Å². The first-order valence-corrected chi connectivity index (χ1v) is 6.60. The van der Waals surface area contributed by atoms with E-state index >= 15 is 0 Å². The second-order valence-electron chi connectivity index (χ2n) is 4.62. The average Bonchev–Trinajstić information content (AvgIpc) is 2.54. The fraction of sp³-hybridized carbons (Fsp3) is 0.188. The van der Waals surface area contributed by atoms with Gasteiger partial charge in [-0.1, -0.05) is 35.4 Å². The summed E-state index contributed by atoms with van der Waals surface area (Å²) in [4.78, 5) is 14.7. The number of carbonyl (C=O) groups excluding carboxylic acids is 1. The molecule has 6 heteroatoms. The number of carbonyl (C=O) groups is 1. The van der Waals surface area contributed by atoms with E-state index in [9.17, 15) is 4.79 Å². The molecule has 2 aromatic rings. The summed E-state index contributed by atoms with van der Waals surface area (Å²) in [6, 6.07) is 12.8. The van der Waals surface area contributed by atoms with E-state index in [0.717, 1.165) is 11.1 Å². The van der Waals surface area contributed by atoms with E-state index in [2.05, 4.69) is 10.0 Å². The van der Waals surface area contributed by atoms with Crippen LogP contribution in [-0.4, -0.2) is 13.1 Å². The topological polar surface area (TPSA) is 84.3 Å². The number of esters is 1. The summed E-state index contributed by atoms with van der Waals surface area (Å²) in [7, 11) is 1.29. The average molecular weight is 297 g/mol. The van der Waals surface area contributed by atoms with E-state index in [4.69, 9.17) is 15.0 Å². The monoisotopic (exact) mass is 297 g/mol. The van der Waals surface area contributed by atoms with Crippen molar-refractivity contribution in [3.8, 4) is 5.75 Å². The molecule has 0 fully saturated rings. The zero-order chi connectivity index (χ0) is 15.9. The molecule has 0 aliphatic carbocycles. The number of rotatable bonds is 5. The molecule has 0 aromatic heterocycles. The first-order chi connectivity index (χ1) is 10.7. The number of ether oxygens (including phenoxy) is 2. The Morgan fingerprint density at radius 3 is 2.64 bits per heavy atom. The van der Waals surface area contributed by atoms with Crippen molar-refractivity contribution < 1.29 is 14.3 Å². The van der Waals surface area contributed by atoms with Crippen LogP contribution in [0.4, 0.5) is 5.69 Å². The van der Waals surface area contributed by atoms with Gasteiger partial charge >= 0.3 is 5.97 Å². The van der Waals surface area contributed by atoms with Crippen molar-refractivity contribution in [1.82, 2.24) is 0 Å². The first-order valence-electron chi connectivity index (χ1n) is 6.60.